The van der Waals surface area contributed by atoms with E-state index in [0.29, 0.717) is 18.1 Å². The lowest BCUT2D eigenvalue weighted by Crippen LogP contribution is -2.15. The molecule has 0 aliphatic carbocycles. The first-order valence-electron chi connectivity index (χ1n) is 4.07. The molecular weight excluding hydrogens is 188 g/mol. The molecule has 0 saturated carbocycles. The average molecular weight is 201 g/mol. The number of hydrogen-bond donors (Lipinski definition) is 1. The standard InChI is InChI=1S/C9H13ClN2O/c1-6(10)4-11-5-9-7(2)12-13-8(9)3/h11H,1,4-5H2,2-3H3. The zero-order valence-corrected chi connectivity index (χ0v) is 8.61. The van der Waals surface area contributed by atoms with Gasteiger partial charge >= 0.3 is 0 Å². The van der Waals surface area contributed by atoms with E-state index in [4.69, 9.17) is 16.1 Å². The van der Waals surface area contributed by atoms with Gasteiger partial charge in [-0.05, 0) is 13.8 Å². The molecule has 0 aliphatic rings. The molecule has 0 spiro atoms. The maximum Gasteiger partial charge on any atom is 0.138 e. The van der Waals surface area contributed by atoms with Crippen LogP contribution in [0.1, 0.15) is 17.0 Å². The van der Waals surface area contributed by atoms with E-state index in [0.717, 1.165) is 17.0 Å². The maximum absolute atomic E-state index is 5.60. The Morgan fingerprint density at radius 2 is 2.31 bits per heavy atom. The fourth-order valence-corrected chi connectivity index (χ4v) is 1.17. The molecule has 1 N–H and O–H groups in total. The fourth-order valence-electron chi connectivity index (χ4n) is 1.08. The van der Waals surface area contributed by atoms with Crippen molar-refractivity contribution >= 4 is 11.6 Å². The summed E-state index contributed by atoms with van der Waals surface area (Å²) in [7, 11) is 0. The number of rotatable bonds is 4. The second-order valence-electron chi connectivity index (χ2n) is 2.92. The Morgan fingerprint density at radius 1 is 1.62 bits per heavy atom. The summed E-state index contributed by atoms with van der Waals surface area (Å²) in [5.74, 6) is 0.852. The van der Waals surface area contributed by atoms with E-state index in [2.05, 4.69) is 17.1 Å². The molecule has 1 aromatic heterocycles. The average Bonchev–Trinajstić information content (AvgIpc) is 2.34. The largest absolute Gasteiger partial charge is 0.361 e. The molecule has 0 aliphatic heterocycles. The molecule has 0 aromatic carbocycles. The first-order chi connectivity index (χ1) is 6.11. The number of aryl methyl sites for hydroxylation is 2. The highest BCUT2D eigenvalue weighted by Crippen LogP contribution is 2.11. The van der Waals surface area contributed by atoms with Gasteiger partial charge in [0.1, 0.15) is 5.76 Å². The summed E-state index contributed by atoms with van der Waals surface area (Å²) in [5.41, 5.74) is 2.02. The van der Waals surface area contributed by atoms with Crippen LogP contribution in [0, 0.1) is 13.8 Å². The van der Waals surface area contributed by atoms with Crippen LogP contribution in [0.5, 0.6) is 0 Å². The van der Waals surface area contributed by atoms with Gasteiger partial charge in [0.2, 0.25) is 0 Å². The number of hydrogen-bond acceptors (Lipinski definition) is 3. The molecule has 0 fully saturated rings. The Bertz CT molecular complexity index is 287. The summed E-state index contributed by atoms with van der Waals surface area (Å²) in [6, 6.07) is 0. The van der Waals surface area contributed by atoms with E-state index in [1.165, 1.54) is 0 Å². The number of halogens is 1. The van der Waals surface area contributed by atoms with Crippen LogP contribution in [0.15, 0.2) is 16.1 Å². The Morgan fingerprint density at radius 3 is 2.77 bits per heavy atom. The predicted octanol–water partition coefficient (Wildman–Crippen LogP) is 2.13. The topological polar surface area (TPSA) is 38.1 Å². The van der Waals surface area contributed by atoms with Crippen molar-refractivity contribution in [2.75, 3.05) is 6.54 Å². The van der Waals surface area contributed by atoms with Crippen molar-refractivity contribution < 1.29 is 4.52 Å². The number of nitrogens with zero attached hydrogens (tertiary/aromatic N) is 1. The third kappa shape index (κ3) is 2.86. The third-order valence-corrected chi connectivity index (χ3v) is 1.93. The summed E-state index contributed by atoms with van der Waals surface area (Å²) < 4.78 is 5.01. The van der Waals surface area contributed by atoms with Crippen LogP contribution in [0.25, 0.3) is 0 Å². The van der Waals surface area contributed by atoms with E-state index < -0.39 is 0 Å². The van der Waals surface area contributed by atoms with Gasteiger partial charge in [0.15, 0.2) is 0 Å². The highest BCUT2D eigenvalue weighted by molar-refractivity contribution is 6.29. The van der Waals surface area contributed by atoms with Crippen molar-refractivity contribution in [1.82, 2.24) is 10.5 Å². The van der Waals surface area contributed by atoms with E-state index in [1.807, 2.05) is 13.8 Å². The van der Waals surface area contributed by atoms with Gasteiger partial charge in [0.05, 0.1) is 5.69 Å². The van der Waals surface area contributed by atoms with Crippen molar-refractivity contribution in [3.63, 3.8) is 0 Å². The van der Waals surface area contributed by atoms with Gasteiger partial charge in [-0.25, -0.2) is 0 Å². The minimum atomic E-state index is 0.603. The SMILES string of the molecule is C=C(Cl)CNCc1c(C)noc1C. The van der Waals surface area contributed by atoms with Crippen LogP contribution in [0.2, 0.25) is 0 Å². The molecule has 0 saturated heterocycles. The van der Waals surface area contributed by atoms with Crippen molar-refractivity contribution in [2.24, 2.45) is 0 Å². The van der Waals surface area contributed by atoms with Crippen molar-refractivity contribution in [3.8, 4) is 0 Å². The smallest absolute Gasteiger partial charge is 0.138 e. The van der Waals surface area contributed by atoms with E-state index in [9.17, 15) is 0 Å². The minimum Gasteiger partial charge on any atom is -0.361 e. The monoisotopic (exact) mass is 200 g/mol. The molecule has 1 rings (SSSR count). The highest BCUT2D eigenvalue weighted by atomic mass is 35.5. The maximum atomic E-state index is 5.60. The van der Waals surface area contributed by atoms with Gasteiger partial charge in [-0.2, -0.15) is 0 Å². The molecular formula is C9H13ClN2O. The Hall–Kier alpha value is -0.800. The van der Waals surface area contributed by atoms with Gasteiger partial charge in [0, 0.05) is 23.7 Å². The molecule has 1 heterocycles. The number of aromatic nitrogens is 1. The summed E-state index contributed by atoms with van der Waals surface area (Å²) in [4.78, 5) is 0. The first-order valence-corrected chi connectivity index (χ1v) is 4.45. The predicted molar refractivity (Wildman–Crippen MR) is 52.7 cm³/mol. The van der Waals surface area contributed by atoms with Crippen LogP contribution in [0.4, 0.5) is 0 Å². The zero-order chi connectivity index (χ0) is 9.84. The first kappa shape index (κ1) is 10.3. The highest BCUT2D eigenvalue weighted by Gasteiger charge is 2.07. The summed E-state index contributed by atoms with van der Waals surface area (Å²) in [6.45, 7) is 8.72. The van der Waals surface area contributed by atoms with E-state index in [1.54, 1.807) is 0 Å². The third-order valence-electron chi connectivity index (χ3n) is 1.80. The van der Waals surface area contributed by atoms with E-state index in [-0.39, 0.29) is 0 Å². The van der Waals surface area contributed by atoms with Crippen LogP contribution < -0.4 is 5.32 Å². The quantitative estimate of drug-likeness (QED) is 0.809. The van der Waals surface area contributed by atoms with Crippen LogP contribution in [-0.2, 0) is 6.54 Å². The lowest BCUT2D eigenvalue weighted by atomic mass is 10.2. The van der Waals surface area contributed by atoms with Gasteiger partial charge in [-0.3, -0.25) is 0 Å². The van der Waals surface area contributed by atoms with E-state index >= 15 is 0 Å². The molecule has 0 radical (unpaired) electrons. The minimum absolute atomic E-state index is 0.603. The van der Waals surface area contributed by atoms with Crippen molar-refractivity contribution in [3.05, 3.63) is 28.6 Å². The molecule has 72 valence electrons. The second kappa shape index (κ2) is 4.44. The molecule has 0 atom stereocenters. The molecule has 0 unspecified atom stereocenters. The summed E-state index contributed by atoms with van der Waals surface area (Å²) >= 11 is 5.60. The van der Waals surface area contributed by atoms with Gasteiger partial charge < -0.3 is 9.84 Å². The van der Waals surface area contributed by atoms with Gasteiger partial charge in [-0.1, -0.05) is 23.3 Å². The molecule has 3 nitrogen and oxygen atoms in total. The molecule has 0 bridgehead atoms. The van der Waals surface area contributed by atoms with Crippen molar-refractivity contribution in [2.45, 2.75) is 20.4 Å². The van der Waals surface area contributed by atoms with Crippen LogP contribution in [0.3, 0.4) is 0 Å². The molecule has 13 heavy (non-hydrogen) atoms. The zero-order valence-electron chi connectivity index (χ0n) is 7.85. The fraction of sp³-hybridized carbons (Fsp3) is 0.444. The lowest BCUT2D eigenvalue weighted by molar-refractivity contribution is 0.392. The Kier molecular flexibility index (Phi) is 3.51. The van der Waals surface area contributed by atoms with Crippen molar-refractivity contribution in [1.29, 1.82) is 0 Å². The summed E-state index contributed by atoms with van der Waals surface area (Å²) in [5, 5.41) is 7.58. The molecule has 1 aromatic rings. The molecule has 4 heteroatoms. The normalized spacial score (nSPS) is 10.4. The van der Waals surface area contributed by atoms with Crippen LogP contribution >= 0.6 is 11.6 Å². The Balaban J connectivity index is 2.49. The van der Waals surface area contributed by atoms with Gasteiger partial charge in [-0.15, -0.1) is 0 Å². The second-order valence-corrected chi connectivity index (χ2v) is 3.46. The summed E-state index contributed by atoms with van der Waals surface area (Å²) in [6.07, 6.45) is 0. The lowest BCUT2D eigenvalue weighted by Gasteiger charge is -2.01. The Labute approximate surface area is 82.7 Å². The van der Waals surface area contributed by atoms with Gasteiger partial charge in [0.25, 0.3) is 0 Å². The van der Waals surface area contributed by atoms with Crippen LogP contribution in [-0.4, -0.2) is 11.7 Å². The number of nitrogens with one attached hydrogen (secondary N) is 1. The molecule has 0 amide bonds.